The van der Waals surface area contributed by atoms with E-state index >= 15 is 0 Å². The molecule has 8 heteroatoms. The number of rotatable bonds is 8. The van der Waals surface area contributed by atoms with E-state index in [0.29, 0.717) is 6.42 Å². The van der Waals surface area contributed by atoms with Gasteiger partial charge in [-0.25, -0.2) is 0 Å². The number of hydrogen-bond donors (Lipinski definition) is 2. The minimum absolute atomic E-state index is 0.00394. The lowest BCUT2D eigenvalue weighted by Crippen LogP contribution is -2.58. The number of ether oxygens (including phenoxy) is 1. The van der Waals surface area contributed by atoms with Crippen molar-refractivity contribution in [2.45, 2.75) is 88.4 Å². The summed E-state index contributed by atoms with van der Waals surface area (Å²) in [7, 11) is 0. The van der Waals surface area contributed by atoms with Gasteiger partial charge in [0, 0.05) is 10.8 Å². The summed E-state index contributed by atoms with van der Waals surface area (Å²) in [6, 6.07) is 7.87. The predicted molar refractivity (Wildman–Crippen MR) is 140 cm³/mol. The quantitative estimate of drug-likeness (QED) is 0.512. The highest BCUT2D eigenvalue weighted by molar-refractivity contribution is 8.02. The summed E-state index contributed by atoms with van der Waals surface area (Å²) in [6.07, 6.45) is 2.19. The van der Waals surface area contributed by atoms with Crippen LogP contribution in [0.4, 0.5) is 0 Å². The molecule has 4 rings (SSSR count). The molecule has 0 saturated carbocycles. The molecule has 6 atom stereocenters. The first kappa shape index (κ1) is 27.0. The van der Waals surface area contributed by atoms with Crippen LogP contribution < -0.4 is 5.32 Å². The Morgan fingerprint density at radius 2 is 1.89 bits per heavy atom. The molecule has 7 nitrogen and oxygen atoms in total. The predicted octanol–water partition coefficient (Wildman–Crippen LogP) is 3.71. The van der Waals surface area contributed by atoms with E-state index in [1.165, 1.54) is 0 Å². The van der Waals surface area contributed by atoms with Crippen LogP contribution >= 0.6 is 11.8 Å². The third-order valence-corrected chi connectivity index (χ3v) is 9.62. The first-order valence-corrected chi connectivity index (χ1v) is 13.9. The molecule has 0 radical (unpaired) electrons. The van der Waals surface area contributed by atoms with Crippen molar-refractivity contribution in [2.75, 3.05) is 13.2 Å². The van der Waals surface area contributed by atoms with Crippen LogP contribution in [0.2, 0.25) is 0 Å². The first-order valence-electron chi connectivity index (χ1n) is 13.0. The number of nitrogens with zero attached hydrogens (tertiary/aromatic N) is 1. The van der Waals surface area contributed by atoms with Crippen molar-refractivity contribution < 1.29 is 24.2 Å². The molecule has 36 heavy (non-hydrogen) atoms. The van der Waals surface area contributed by atoms with Crippen LogP contribution in [-0.4, -0.2) is 62.6 Å². The van der Waals surface area contributed by atoms with Gasteiger partial charge in [0.05, 0.1) is 35.8 Å². The number of carbonyl (C=O) groups is 3. The van der Waals surface area contributed by atoms with Gasteiger partial charge in [-0.1, -0.05) is 51.1 Å². The van der Waals surface area contributed by atoms with Crippen LogP contribution in [0.3, 0.4) is 0 Å². The highest BCUT2D eigenvalue weighted by Crippen LogP contribution is 2.67. The molecule has 198 valence electrons. The standard InChI is InChI=1S/C28H40N2O5S/c1-7-35-25(34)20-19-13-14-28(36-19)21(20)24(33)30(18(15-31)17-11-9-8-10-12-17)22(28)23(32)29-27(5,6)16-26(2,3)4/h8-12,18-22,31H,7,13-16H2,1-6H3,(H,29,32)/t18-,19+,20-,21+,22?,28?/m1/s1. The second kappa shape index (κ2) is 9.67. The zero-order chi connectivity index (χ0) is 26.5. The summed E-state index contributed by atoms with van der Waals surface area (Å²) in [5, 5.41) is 13.7. The summed E-state index contributed by atoms with van der Waals surface area (Å²) in [5.74, 6) is -2.02. The Kier molecular flexibility index (Phi) is 7.25. The first-order chi connectivity index (χ1) is 16.8. The minimum atomic E-state index is -0.791. The molecule has 3 fully saturated rings. The van der Waals surface area contributed by atoms with Crippen molar-refractivity contribution in [3.63, 3.8) is 0 Å². The number of hydrogen-bond acceptors (Lipinski definition) is 6. The van der Waals surface area contributed by atoms with Gasteiger partial charge in [-0.05, 0) is 51.0 Å². The van der Waals surface area contributed by atoms with E-state index in [1.54, 1.807) is 23.6 Å². The van der Waals surface area contributed by atoms with Crippen molar-refractivity contribution in [1.29, 1.82) is 0 Å². The second-order valence-electron chi connectivity index (χ2n) is 12.3. The molecular formula is C28H40N2O5S. The molecule has 1 aromatic rings. The Labute approximate surface area is 218 Å². The number of likely N-dealkylation sites (tertiary alicyclic amines) is 1. The lowest BCUT2D eigenvalue weighted by molar-refractivity contribution is -0.154. The highest BCUT2D eigenvalue weighted by Gasteiger charge is 2.74. The van der Waals surface area contributed by atoms with Gasteiger partial charge in [0.2, 0.25) is 11.8 Å². The lowest BCUT2D eigenvalue weighted by Gasteiger charge is -2.40. The number of thioether (sulfide) groups is 1. The Bertz CT molecular complexity index is 1010. The van der Waals surface area contributed by atoms with Gasteiger partial charge < -0.3 is 20.1 Å². The minimum Gasteiger partial charge on any atom is -0.466 e. The average molecular weight is 517 g/mol. The number of aliphatic hydroxyl groups excluding tert-OH is 1. The van der Waals surface area contributed by atoms with Crippen LogP contribution in [0.15, 0.2) is 30.3 Å². The highest BCUT2D eigenvalue weighted by atomic mass is 32.2. The molecular weight excluding hydrogens is 476 g/mol. The molecule has 2 amide bonds. The zero-order valence-electron chi connectivity index (χ0n) is 22.2. The maximum absolute atomic E-state index is 14.2. The Balaban J connectivity index is 1.77. The summed E-state index contributed by atoms with van der Waals surface area (Å²) >= 11 is 1.61. The van der Waals surface area contributed by atoms with E-state index < -0.39 is 34.2 Å². The molecule has 3 aliphatic heterocycles. The van der Waals surface area contributed by atoms with Gasteiger partial charge in [-0.2, -0.15) is 0 Å². The number of fused-ring (bicyclic) bond motifs is 1. The van der Waals surface area contributed by atoms with Crippen LogP contribution in [0, 0.1) is 17.3 Å². The largest absolute Gasteiger partial charge is 0.466 e. The van der Waals surface area contributed by atoms with E-state index in [-0.39, 0.29) is 41.7 Å². The number of aliphatic hydroxyl groups is 1. The van der Waals surface area contributed by atoms with E-state index in [9.17, 15) is 19.5 Å². The van der Waals surface area contributed by atoms with E-state index in [4.69, 9.17) is 4.74 Å². The molecule has 2 bridgehead atoms. The van der Waals surface area contributed by atoms with Crippen LogP contribution in [0.25, 0.3) is 0 Å². The van der Waals surface area contributed by atoms with E-state index in [0.717, 1.165) is 18.4 Å². The molecule has 2 N–H and O–H groups in total. The monoisotopic (exact) mass is 516 g/mol. The molecule has 3 saturated heterocycles. The Morgan fingerprint density at radius 1 is 1.22 bits per heavy atom. The Hall–Kier alpha value is -2.06. The normalized spacial score (nSPS) is 30.3. The third kappa shape index (κ3) is 4.67. The van der Waals surface area contributed by atoms with Crippen molar-refractivity contribution in [3.05, 3.63) is 35.9 Å². The third-order valence-electron chi connectivity index (χ3n) is 7.67. The van der Waals surface area contributed by atoms with E-state index in [2.05, 4.69) is 26.1 Å². The fourth-order valence-corrected chi connectivity index (χ4v) is 9.23. The average Bonchev–Trinajstić information content (AvgIpc) is 3.41. The second-order valence-corrected chi connectivity index (χ2v) is 13.9. The fourth-order valence-electron chi connectivity index (χ4n) is 7.03. The summed E-state index contributed by atoms with van der Waals surface area (Å²) in [6.45, 7) is 12.1. The maximum atomic E-state index is 14.2. The van der Waals surface area contributed by atoms with Gasteiger partial charge in [0.1, 0.15) is 6.04 Å². The van der Waals surface area contributed by atoms with Gasteiger partial charge >= 0.3 is 5.97 Å². The van der Waals surface area contributed by atoms with Gasteiger partial charge in [0.15, 0.2) is 0 Å². The van der Waals surface area contributed by atoms with Crippen molar-refractivity contribution in [2.24, 2.45) is 17.3 Å². The number of carbonyl (C=O) groups excluding carboxylic acids is 3. The number of nitrogens with one attached hydrogen (secondary N) is 1. The zero-order valence-corrected chi connectivity index (χ0v) is 23.1. The van der Waals surface area contributed by atoms with Gasteiger partial charge in [-0.15, -0.1) is 11.8 Å². The van der Waals surface area contributed by atoms with Crippen molar-refractivity contribution >= 4 is 29.5 Å². The van der Waals surface area contributed by atoms with E-state index in [1.807, 2.05) is 44.2 Å². The van der Waals surface area contributed by atoms with Crippen LogP contribution in [0.5, 0.6) is 0 Å². The topological polar surface area (TPSA) is 95.9 Å². The fraction of sp³-hybridized carbons (Fsp3) is 0.679. The smallest absolute Gasteiger partial charge is 0.310 e. The lowest BCUT2D eigenvalue weighted by atomic mass is 9.71. The summed E-state index contributed by atoms with van der Waals surface area (Å²) < 4.78 is 4.68. The maximum Gasteiger partial charge on any atom is 0.310 e. The molecule has 3 heterocycles. The molecule has 2 unspecified atom stereocenters. The molecule has 1 aromatic carbocycles. The number of amides is 2. The van der Waals surface area contributed by atoms with Gasteiger partial charge in [0.25, 0.3) is 0 Å². The number of benzene rings is 1. The Morgan fingerprint density at radius 3 is 2.47 bits per heavy atom. The van der Waals surface area contributed by atoms with Gasteiger partial charge in [-0.3, -0.25) is 14.4 Å². The van der Waals surface area contributed by atoms with Crippen LogP contribution in [0.1, 0.15) is 72.4 Å². The summed E-state index contributed by atoms with van der Waals surface area (Å²) in [4.78, 5) is 43.0. The van der Waals surface area contributed by atoms with Crippen molar-refractivity contribution in [3.8, 4) is 0 Å². The molecule has 3 aliphatic rings. The summed E-state index contributed by atoms with van der Waals surface area (Å²) in [5.41, 5.74) is 0.265. The molecule has 0 aromatic heterocycles. The molecule has 0 aliphatic carbocycles. The SMILES string of the molecule is CCOC(=O)[C@@H]1[C@@H]2CCC3(S2)C(C(=O)NC(C)(C)CC(C)(C)C)N([C@H](CO)c2ccccc2)C(=O)[C@H]13. The van der Waals surface area contributed by atoms with Crippen molar-refractivity contribution in [1.82, 2.24) is 10.2 Å². The van der Waals surface area contributed by atoms with Crippen LogP contribution in [-0.2, 0) is 19.1 Å². The molecule has 1 spiro atoms. The number of esters is 1.